The highest BCUT2D eigenvalue weighted by Crippen LogP contribution is 2.18. The molecule has 2 aromatic rings. The molecule has 0 heterocycles. The van der Waals surface area contributed by atoms with Crippen molar-refractivity contribution in [2.24, 2.45) is 0 Å². The van der Waals surface area contributed by atoms with Crippen molar-refractivity contribution >= 4 is 21.6 Å². The summed E-state index contributed by atoms with van der Waals surface area (Å²) in [5.41, 5.74) is 1.46. The number of methoxy groups -OCH3 is 1. The fraction of sp³-hybridized carbons (Fsp3) is 0.235. The quantitative estimate of drug-likeness (QED) is 0.868. The highest BCUT2D eigenvalue weighted by molar-refractivity contribution is 7.89. The molecule has 0 spiro atoms. The molecule has 0 fully saturated rings. The minimum Gasteiger partial charge on any atom is -0.497 e. The first kappa shape index (κ1) is 18.0. The number of ether oxygens (including phenoxy) is 1. The van der Waals surface area contributed by atoms with Crippen LogP contribution in [0, 0.1) is 0 Å². The summed E-state index contributed by atoms with van der Waals surface area (Å²) in [7, 11) is -0.415. The van der Waals surface area contributed by atoms with E-state index >= 15 is 0 Å². The Morgan fingerprint density at radius 1 is 1.08 bits per heavy atom. The molecule has 2 rings (SSSR count). The van der Waals surface area contributed by atoms with E-state index in [0.717, 1.165) is 5.56 Å². The Balaban J connectivity index is 2.07. The summed E-state index contributed by atoms with van der Waals surface area (Å²) >= 11 is 0. The molecule has 1 amide bonds. The number of amides is 1. The molecule has 0 radical (unpaired) electrons. The average Bonchev–Trinajstić information content (AvgIpc) is 2.60. The van der Waals surface area contributed by atoms with Gasteiger partial charge < -0.3 is 9.64 Å². The van der Waals surface area contributed by atoms with E-state index < -0.39 is 10.0 Å². The molecule has 0 bridgehead atoms. The van der Waals surface area contributed by atoms with Gasteiger partial charge in [0, 0.05) is 26.2 Å². The van der Waals surface area contributed by atoms with Crippen molar-refractivity contribution in [2.75, 3.05) is 19.1 Å². The fourth-order valence-electron chi connectivity index (χ4n) is 2.04. The van der Waals surface area contributed by atoms with Gasteiger partial charge in [-0.3, -0.25) is 4.79 Å². The van der Waals surface area contributed by atoms with E-state index in [9.17, 15) is 13.2 Å². The van der Waals surface area contributed by atoms with Crippen molar-refractivity contribution in [1.82, 2.24) is 4.72 Å². The molecule has 0 aromatic heterocycles. The highest BCUT2D eigenvalue weighted by atomic mass is 32.2. The fourth-order valence-corrected chi connectivity index (χ4v) is 3.05. The average molecular weight is 348 g/mol. The van der Waals surface area contributed by atoms with Gasteiger partial charge in [0.25, 0.3) is 0 Å². The highest BCUT2D eigenvalue weighted by Gasteiger charge is 2.14. The van der Waals surface area contributed by atoms with Crippen LogP contribution in [0.1, 0.15) is 12.5 Å². The van der Waals surface area contributed by atoms with Gasteiger partial charge in [-0.05, 0) is 42.0 Å². The van der Waals surface area contributed by atoms with E-state index in [4.69, 9.17) is 4.74 Å². The number of nitrogens with one attached hydrogen (secondary N) is 1. The van der Waals surface area contributed by atoms with Crippen LogP contribution < -0.4 is 14.4 Å². The van der Waals surface area contributed by atoms with Crippen molar-refractivity contribution in [2.45, 2.75) is 18.4 Å². The number of carbonyl (C=O) groups excluding carboxylic acids is 1. The first-order valence-corrected chi connectivity index (χ1v) is 8.79. The van der Waals surface area contributed by atoms with Crippen LogP contribution >= 0.6 is 0 Å². The summed E-state index contributed by atoms with van der Waals surface area (Å²) < 4.78 is 32.3. The molecule has 128 valence electrons. The SMILES string of the molecule is COc1ccc(CNS(=O)(=O)c2ccc(N(C)C(C)=O)cc2)cc1. The minimum absolute atomic E-state index is 0.122. The molecular formula is C17H20N2O4S. The topological polar surface area (TPSA) is 75.7 Å². The van der Waals surface area contributed by atoms with Gasteiger partial charge in [0.2, 0.25) is 15.9 Å². The molecule has 0 aliphatic heterocycles. The lowest BCUT2D eigenvalue weighted by atomic mass is 10.2. The standard InChI is InChI=1S/C17H20N2O4S/c1-13(20)19(2)15-6-10-17(11-7-15)24(21,22)18-12-14-4-8-16(23-3)9-5-14/h4-11,18H,12H2,1-3H3. The predicted octanol–water partition coefficient (Wildman–Crippen LogP) is 2.16. The second-order valence-electron chi connectivity index (χ2n) is 5.24. The Kier molecular flexibility index (Phi) is 5.58. The van der Waals surface area contributed by atoms with Gasteiger partial charge in [-0.15, -0.1) is 0 Å². The summed E-state index contributed by atoms with van der Waals surface area (Å²) in [4.78, 5) is 12.9. The molecule has 0 aliphatic carbocycles. The maximum Gasteiger partial charge on any atom is 0.240 e. The van der Waals surface area contributed by atoms with Gasteiger partial charge in [-0.1, -0.05) is 12.1 Å². The second-order valence-corrected chi connectivity index (χ2v) is 7.01. The maximum absolute atomic E-state index is 12.3. The third kappa shape index (κ3) is 4.33. The van der Waals surface area contributed by atoms with E-state index in [0.29, 0.717) is 11.4 Å². The first-order chi connectivity index (χ1) is 11.3. The van der Waals surface area contributed by atoms with Crippen LogP contribution in [-0.4, -0.2) is 28.5 Å². The zero-order valence-corrected chi connectivity index (χ0v) is 14.6. The van der Waals surface area contributed by atoms with Gasteiger partial charge in [0.15, 0.2) is 0 Å². The third-order valence-corrected chi connectivity index (χ3v) is 5.05. The van der Waals surface area contributed by atoms with Gasteiger partial charge >= 0.3 is 0 Å². The van der Waals surface area contributed by atoms with E-state index in [1.165, 1.54) is 24.0 Å². The van der Waals surface area contributed by atoms with Crippen LogP contribution in [0.4, 0.5) is 5.69 Å². The summed E-state index contributed by atoms with van der Waals surface area (Å²) in [6.45, 7) is 1.63. The summed E-state index contributed by atoms with van der Waals surface area (Å²) in [6, 6.07) is 13.3. The van der Waals surface area contributed by atoms with E-state index in [1.54, 1.807) is 50.6 Å². The number of sulfonamides is 1. The molecule has 7 heteroatoms. The summed E-state index contributed by atoms with van der Waals surface area (Å²) in [5.74, 6) is 0.593. The lowest BCUT2D eigenvalue weighted by Crippen LogP contribution is -2.24. The van der Waals surface area contributed by atoms with Crippen molar-refractivity contribution < 1.29 is 17.9 Å². The molecule has 0 unspecified atom stereocenters. The second kappa shape index (κ2) is 7.46. The van der Waals surface area contributed by atoms with Crippen LogP contribution in [0.15, 0.2) is 53.4 Å². The molecule has 6 nitrogen and oxygen atoms in total. The molecule has 2 aromatic carbocycles. The first-order valence-electron chi connectivity index (χ1n) is 7.30. The Morgan fingerprint density at radius 2 is 1.67 bits per heavy atom. The molecule has 0 aliphatic rings. The number of carbonyl (C=O) groups is 1. The number of anilines is 1. The zero-order chi connectivity index (χ0) is 17.7. The van der Waals surface area contributed by atoms with Crippen LogP contribution in [0.5, 0.6) is 5.75 Å². The van der Waals surface area contributed by atoms with E-state index in [2.05, 4.69) is 4.72 Å². The third-order valence-electron chi connectivity index (χ3n) is 3.63. The Morgan fingerprint density at radius 3 is 2.17 bits per heavy atom. The smallest absolute Gasteiger partial charge is 0.240 e. The molecular weight excluding hydrogens is 328 g/mol. The molecule has 0 saturated heterocycles. The lowest BCUT2D eigenvalue weighted by molar-refractivity contribution is -0.116. The Bertz CT molecular complexity index is 799. The normalized spacial score (nSPS) is 11.1. The maximum atomic E-state index is 12.3. The summed E-state index contributed by atoms with van der Waals surface area (Å²) in [5, 5.41) is 0. The molecule has 24 heavy (non-hydrogen) atoms. The zero-order valence-electron chi connectivity index (χ0n) is 13.8. The Hall–Kier alpha value is -2.38. The van der Waals surface area contributed by atoms with E-state index in [-0.39, 0.29) is 17.3 Å². The molecule has 0 atom stereocenters. The number of nitrogens with zero attached hydrogens (tertiary/aromatic N) is 1. The van der Waals surface area contributed by atoms with Crippen molar-refractivity contribution in [3.8, 4) is 5.75 Å². The number of hydrogen-bond donors (Lipinski definition) is 1. The largest absolute Gasteiger partial charge is 0.497 e. The van der Waals surface area contributed by atoms with Crippen molar-refractivity contribution in [3.63, 3.8) is 0 Å². The van der Waals surface area contributed by atoms with Gasteiger partial charge in [-0.2, -0.15) is 0 Å². The van der Waals surface area contributed by atoms with Gasteiger partial charge in [0.05, 0.1) is 12.0 Å². The number of rotatable bonds is 6. The number of benzene rings is 2. The van der Waals surface area contributed by atoms with Crippen LogP contribution in [0.3, 0.4) is 0 Å². The lowest BCUT2D eigenvalue weighted by Gasteiger charge is -2.15. The summed E-state index contributed by atoms with van der Waals surface area (Å²) in [6.07, 6.45) is 0. The molecule has 0 saturated carbocycles. The predicted molar refractivity (Wildman–Crippen MR) is 92.5 cm³/mol. The van der Waals surface area contributed by atoms with Gasteiger partial charge in [0.1, 0.15) is 5.75 Å². The van der Waals surface area contributed by atoms with Crippen LogP contribution in [0.2, 0.25) is 0 Å². The van der Waals surface area contributed by atoms with Crippen LogP contribution in [0.25, 0.3) is 0 Å². The van der Waals surface area contributed by atoms with Crippen molar-refractivity contribution in [1.29, 1.82) is 0 Å². The Labute approximate surface area is 142 Å². The molecule has 1 N–H and O–H groups in total. The van der Waals surface area contributed by atoms with E-state index in [1.807, 2.05) is 0 Å². The van der Waals surface area contributed by atoms with Crippen LogP contribution in [-0.2, 0) is 21.4 Å². The minimum atomic E-state index is -3.62. The monoisotopic (exact) mass is 348 g/mol. The van der Waals surface area contributed by atoms with Gasteiger partial charge in [-0.25, -0.2) is 13.1 Å². The van der Waals surface area contributed by atoms with Crippen molar-refractivity contribution in [3.05, 3.63) is 54.1 Å². The number of hydrogen-bond acceptors (Lipinski definition) is 4.